The van der Waals surface area contributed by atoms with Crippen molar-refractivity contribution in [1.82, 2.24) is 9.55 Å². The summed E-state index contributed by atoms with van der Waals surface area (Å²) in [5.74, 6) is -1.85. The minimum Gasteiger partial charge on any atom is -0.478 e. The molecule has 6 nitrogen and oxygen atoms in total. The highest BCUT2D eigenvalue weighted by Gasteiger charge is 2.20. The summed E-state index contributed by atoms with van der Waals surface area (Å²) in [5.41, 5.74) is -2.07. The minimum absolute atomic E-state index is 0.173. The molecule has 0 saturated carbocycles. The zero-order valence-corrected chi connectivity index (χ0v) is 7.29. The predicted molar refractivity (Wildman–Crippen MR) is 44.1 cm³/mol. The number of H-pyrrole nitrogens is 1. The molecule has 1 rings (SSSR count). The summed E-state index contributed by atoms with van der Waals surface area (Å²) in [4.78, 5) is 33.4. The van der Waals surface area contributed by atoms with Gasteiger partial charge in [-0.05, 0) is 0 Å². The monoisotopic (exact) mass is 222 g/mol. The van der Waals surface area contributed by atoms with E-state index in [1.54, 1.807) is 4.98 Å². The molecule has 8 heteroatoms. The van der Waals surface area contributed by atoms with Gasteiger partial charge in [-0.1, -0.05) is 11.6 Å². The molecule has 1 atom stereocenters. The van der Waals surface area contributed by atoms with Crippen molar-refractivity contribution in [3.05, 3.63) is 32.1 Å². The van der Waals surface area contributed by atoms with Gasteiger partial charge in [-0.15, -0.1) is 0 Å². The first kappa shape index (κ1) is 10.5. The molecule has 0 spiro atoms. The lowest BCUT2D eigenvalue weighted by molar-refractivity contribution is -0.146. The van der Waals surface area contributed by atoms with Crippen molar-refractivity contribution >= 4 is 17.6 Å². The average molecular weight is 223 g/mol. The van der Waals surface area contributed by atoms with E-state index in [9.17, 15) is 18.8 Å². The zero-order valence-electron chi connectivity index (χ0n) is 6.53. The van der Waals surface area contributed by atoms with Gasteiger partial charge in [0.1, 0.15) is 5.02 Å². The van der Waals surface area contributed by atoms with E-state index in [1.165, 1.54) is 0 Å². The first-order valence-corrected chi connectivity index (χ1v) is 3.69. The van der Waals surface area contributed by atoms with Crippen molar-refractivity contribution in [2.75, 3.05) is 0 Å². The van der Waals surface area contributed by atoms with Crippen LogP contribution in [0.3, 0.4) is 0 Å². The van der Waals surface area contributed by atoms with Gasteiger partial charge in [0, 0.05) is 6.20 Å². The number of hydrogen-bond acceptors (Lipinski definition) is 3. The number of carbonyl (C=O) groups is 1. The van der Waals surface area contributed by atoms with Crippen LogP contribution in [0.2, 0.25) is 5.02 Å². The third kappa shape index (κ3) is 1.82. The van der Waals surface area contributed by atoms with E-state index in [1.807, 2.05) is 0 Å². The Hall–Kier alpha value is -1.63. The maximum atomic E-state index is 12.8. The fraction of sp³-hybridized carbons (Fsp3) is 0.167. The number of rotatable bonds is 2. The molecular formula is C6H4ClFN2O4. The molecule has 0 aliphatic rings. The molecule has 0 aromatic carbocycles. The van der Waals surface area contributed by atoms with Crippen molar-refractivity contribution in [3.63, 3.8) is 0 Å². The summed E-state index contributed by atoms with van der Waals surface area (Å²) < 4.78 is 13.0. The lowest BCUT2D eigenvalue weighted by Gasteiger charge is -2.05. The molecule has 1 heterocycles. The Morgan fingerprint density at radius 2 is 2.21 bits per heavy atom. The molecule has 0 fully saturated rings. The number of nitrogens with one attached hydrogen (secondary N) is 1. The summed E-state index contributed by atoms with van der Waals surface area (Å²) in [5, 5.41) is 7.79. The predicted octanol–water partition coefficient (Wildman–Crippen LogP) is -0.257. The van der Waals surface area contributed by atoms with E-state index < -0.39 is 28.5 Å². The molecule has 0 bridgehead atoms. The van der Waals surface area contributed by atoms with Crippen molar-refractivity contribution in [2.45, 2.75) is 6.30 Å². The first-order valence-electron chi connectivity index (χ1n) is 3.31. The van der Waals surface area contributed by atoms with E-state index >= 15 is 0 Å². The number of aromatic amines is 1. The van der Waals surface area contributed by atoms with Crippen LogP contribution < -0.4 is 11.2 Å². The van der Waals surface area contributed by atoms with E-state index in [0.717, 1.165) is 0 Å². The van der Waals surface area contributed by atoms with Crippen molar-refractivity contribution < 1.29 is 14.3 Å². The second kappa shape index (κ2) is 3.62. The Bertz CT molecular complexity index is 479. The molecule has 0 radical (unpaired) electrons. The van der Waals surface area contributed by atoms with E-state index in [4.69, 9.17) is 16.7 Å². The SMILES string of the molecule is O=C(O)C(F)n1cc(Cl)c(=O)[nH]c1=O. The first-order chi connectivity index (χ1) is 6.43. The van der Waals surface area contributed by atoms with Gasteiger partial charge in [0.05, 0.1) is 0 Å². The molecule has 0 aliphatic heterocycles. The number of carboxylic acids is 1. The second-order valence-electron chi connectivity index (χ2n) is 2.32. The topological polar surface area (TPSA) is 92.2 Å². The standard InChI is InChI=1S/C6H4ClFN2O4/c7-2-1-10(3(8)5(12)13)6(14)9-4(2)11/h1,3H,(H,12,13)(H,9,11,14). The summed E-state index contributed by atoms with van der Waals surface area (Å²) in [6.45, 7) is 0. The summed E-state index contributed by atoms with van der Waals surface area (Å²) in [6.07, 6.45) is -1.95. The highest BCUT2D eigenvalue weighted by atomic mass is 35.5. The number of aliphatic carboxylic acids is 1. The lowest BCUT2D eigenvalue weighted by atomic mass is 10.5. The van der Waals surface area contributed by atoms with Crippen LogP contribution in [-0.4, -0.2) is 20.6 Å². The number of aromatic nitrogens is 2. The zero-order chi connectivity index (χ0) is 10.9. The smallest absolute Gasteiger partial charge is 0.360 e. The summed E-state index contributed by atoms with van der Waals surface area (Å²) >= 11 is 5.27. The van der Waals surface area contributed by atoms with E-state index in [0.29, 0.717) is 6.20 Å². The van der Waals surface area contributed by atoms with Gasteiger partial charge in [-0.25, -0.2) is 14.0 Å². The van der Waals surface area contributed by atoms with Crippen LogP contribution in [0.4, 0.5) is 4.39 Å². The fourth-order valence-corrected chi connectivity index (χ4v) is 0.900. The highest BCUT2D eigenvalue weighted by molar-refractivity contribution is 6.30. The van der Waals surface area contributed by atoms with Gasteiger partial charge >= 0.3 is 11.7 Å². The van der Waals surface area contributed by atoms with Crippen LogP contribution in [0, 0.1) is 0 Å². The Balaban J connectivity index is 3.37. The maximum absolute atomic E-state index is 12.8. The van der Waals surface area contributed by atoms with Crippen LogP contribution in [-0.2, 0) is 4.79 Å². The van der Waals surface area contributed by atoms with E-state index in [-0.39, 0.29) is 4.57 Å². The van der Waals surface area contributed by atoms with Gasteiger partial charge in [0.15, 0.2) is 0 Å². The van der Waals surface area contributed by atoms with Crippen LogP contribution >= 0.6 is 11.6 Å². The van der Waals surface area contributed by atoms with Gasteiger partial charge in [-0.2, -0.15) is 0 Å². The summed E-state index contributed by atoms with van der Waals surface area (Å²) in [7, 11) is 0. The quantitative estimate of drug-likeness (QED) is 0.721. The molecule has 1 aromatic rings. The molecule has 14 heavy (non-hydrogen) atoms. The van der Waals surface area contributed by atoms with Gasteiger partial charge in [-0.3, -0.25) is 14.3 Å². The van der Waals surface area contributed by atoms with Crippen LogP contribution in [0.1, 0.15) is 6.30 Å². The van der Waals surface area contributed by atoms with Crippen LogP contribution in [0.25, 0.3) is 0 Å². The molecule has 0 aliphatic carbocycles. The Morgan fingerprint density at radius 1 is 1.64 bits per heavy atom. The Labute approximate surface area is 80.6 Å². The maximum Gasteiger partial charge on any atom is 0.360 e. The minimum atomic E-state index is -2.57. The second-order valence-corrected chi connectivity index (χ2v) is 2.72. The molecule has 2 N–H and O–H groups in total. The molecule has 76 valence electrons. The largest absolute Gasteiger partial charge is 0.478 e. The van der Waals surface area contributed by atoms with Gasteiger partial charge in [0.25, 0.3) is 11.9 Å². The Kier molecular flexibility index (Phi) is 2.70. The number of carboxylic acid groups (broad SMARTS) is 1. The van der Waals surface area contributed by atoms with Crippen molar-refractivity contribution in [1.29, 1.82) is 0 Å². The number of hydrogen-bond donors (Lipinski definition) is 2. The molecular weight excluding hydrogens is 219 g/mol. The highest BCUT2D eigenvalue weighted by Crippen LogP contribution is 2.06. The average Bonchev–Trinajstić information content (AvgIpc) is 2.10. The van der Waals surface area contributed by atoms with Crippen LogP contribution in [0.15, 0.2) is 15.8 Å². The number of halogens is 2. The fourth-order valence-electron chi connectivity index (χ4n) is 0.748. The molecule has 1 unspecified atom stereocenters. The Morgan fingerprint density at radius 3 is 2.71 bits per heavy atom. The van der Waals surface area contributed by atoms with Gasteiger partial charge < -0.3 is 5.11 Å². The molecule has 0 saturated heterocycles. The summed E-state index contributed by atoms with van der Waals surface area (Å²) in [6, 6.07) is 0. The molecule has 1 aromatic heterocycles. The number of alkyl halides is 1. The number of nitrogens with zero attached hydrogens (tertiary/aromatic N) is 1. The lowest BCUT2D eigenvalue weighted by Crippen LogP contribution is -2.33. The third-order valence-electron chi connectivity index (χ3n) is 1.37. The third-order valence-corrected chi connectivity index (χ3v) is 1.64. The van der Waals surface area contributed by atoms with Gasteiger partial charge in [0.2, 0.25) is 0 Å². The van der Waals surface area contributed by atoms with Crippen molar-refractivity contribution in [3.8, 4) is 0 Å². The normalized spacial score (nSPS) is 12.4. The van der Waals surface area contributed by atoms with E-state index in [2.05, 4.69) is 0 Å². The van der Waals surface area contributed by atoms with Crippen molar-refractivity contribution in [2.24, 2.45) is 0 Å². The van der Waals surface area contributed by atoms with Crippen LogP contribution in [0.5, 0.6) is 0 Å². The molecule has 0 amide bonds.